The van der Waals surface area contributed by atoms with E-state index in [2.05, 4.69) is 10.5 Å². The summed E-state index contributed by atoms with van der Waals surface area (Å²) < 4.78 is 10.2. The van der Waals surface area contributed by atoms with Gasteiger partial charge < -0.3 is 14.3 Å². The largest absolute Gasteiger partial charge is 0.457 e. The van der Waals surface area contributed by atoms with Gasteiger partial charge in [0, 0.05) is 0 Å². The molecule has 164 valence electrons. The molecule has 0 aliphatic heterocycles. The van der Waals surface area contributed by atoms with E-state index in [0.717, 1.165) is 0 Å². The number of hydrazone groups is 1. The van der Waals surface area contributed by atoms with Crippen molar-refractivity contribution in [3.05, 3.63) is 126 Å². The van der Waals surface area contributed by atoms with E-state index in [-0.39, 0.29) is 5.76 Å². The summed E-state index contributed by atoms with van der Waals surface area (Å²) in [6.07, 6.45) is 2.81. The first-order valence-corrected chi connectivity index (χ1v) is 10.1. The fraction of sp³-hybridized carbons (Fsp3) is 0.0385. The van der Waals surface area contributed by atoms with Gasteiger partial charge in [-0.05, 0) is 53.1 Å². The van der Waals surface area contributed by atoms with E-state index in [9.17, 15) is 14.7 Å². The lowest BCUT2D eigenvalue weighted by Gasteiger charge is -2.27. The second-order valence-electron chi connectivity index (χ2n) is 7.08. The maximum Gasteiger partial charge on any atom is 0.379 e. The van der Waals surface area contributed by atoms with Crippen LogP contribution in [0.1, 0.15) is 27.2 Å². The molecule has 0 saturated carbocycles. The van der Waals surface area contributed by atoms with Crippen molar-refractivity contribution in [2.75, 3.05) is 0 Å². The summed E-state index contributed by atoms with van der Waals surface area (Å²) in [7, 11) is 0. The number of nitrogens with one attached hydrogen (secondary N) is 1. The molecule has 0 radical (unpaired) electrons. The Labute approximate surface area is 190 Å². The van der Waals surface area contributed by atoms with Crippen LogP contribution in [0.5, 0.6) is 5.75 Å². The van der Waals surface area contributed by atoms with Crippen LogP contribution in [0.3, 0.4) is 0 Å². The maximum absolute atomic E-state index is 13.0. The summed E-state index contributed by atoms with van der Waals surface area (Å²) in [6, 6.07) is 27.0. The standard InChI is InChI=1S/C26H20N2O5/c29-24(23-12-7-17-32-23)33-22-15-13-19(14-16-22)18-27-28-25(30)26(31,20-8-3-1-4-9-20)21-10-5-2-6-11-21/h1-18,31H,(H,28,30)/b27-18-. The summed E-state index contributed by atoms with van der Waals surface area (Å²) in [5.74, 6) is -0.859. The van der Waals surface area contributed by atoms with Crippen molar-refractivity contribution in [2.45, 2.75) is 5.60 Å². The van der Waals surface area contributed by atoms with Gasteiger partial charge in [-0.3, -0.25) is 4.79 Å². The molecule has 0 unspecified atom stereocenters. The molecular weight excluding hydrogens is 420 g/mol. The predicted octanol–water partition coefficient (Wildman–Crippen LogP) is 3.89. The molecule has 4 rings (SSSR count). The van der Waals surface area contributed by atoms with E-state index >= 15 is 0 Å². The monoisotopic (exact) mass is 440 g/mol. The topological polar surface area (TPSA) is 101 Å². The zero-order chi connectivity index (χ0) is 23.1. The summed E-state index contributed by atoms with van der Waals surface area (Å²) in [6.45, 7) is 0. The number of carbonyl (C=O) groups is 2. The molecule has 0 fully saturated rings. The van der Waals surface area contributed by atoms with Crippen molar-refractivity contribution in [3.63, 3.8) is 0 Å². The quantitative estimate of drug-likeness (QED) is 0.197. The fourth-order valence-electron chi connectivity index (χ4n) is 3.21. The van der Waals surface area contributed by atoms with Gasteiger partial charge in [-0.1, -0.05) is 60.7 Å². The minimum absolute atomic E-state index is 0.104. The molecule has 0 atom stereocenters. The number of amides is 1. The van der Waals surface area contributed by atoms with Crippen molar-refractivity contribution in [1.29, 1.82) is 0 Å². The van der Waals surface area contributed by atoms with E-state index in [1.165, 1.54) is 18.5 Å². The van der Waals surface area contributed by atoms with Gasteiger partial charge in [-0.25, -0.2) is 10.2 Å². The number of furan rings is 1. The van der Waals surface area contributed by atoms with Crippen LogP contribution >= 0.6 is 0 Å². The third kappa shape index (κ3) is 4.89. The van der Waals surface area contributed by atoms with Crippen molar-refractivity contribution in [1.82, 2.24) is 5.43 Å². The smallest absolute Gasteiger partial charge is 0.379 e. The van der Waals surface area contributed by atoms with Gasteiger partial charge in [0.25, 0.3) is 5.91 Å². The Hall–Kier alpha value is -4.49. The van der Waals surface area contributed by atoms with Gasteiger partial charge in [0.15, 0.2) is 5.60 Å². The van der Waals surface area contributed by atoms with Crippen LogP contribution in [-0.2, 0) is 10.4 Å². The lowest BCUT2D eigenvalue weighted by molar-refractivity contribution is -0.136. The lowest BCUT2D eigenvalue weighted by atomic mass is 9.85. The maximum atomic E-state index is 13.0. The molecule has 0 aliphatic carbocycles. The molecule has 2 N–H and O–H groups in total. The second-order valence-corrected chi connectivity index (χ2v) is 7.08. The van der Waals surface area contributed by atoms with E-state index in [4.69, 9.17) is 9.15 Å². The minimum Gasteiger partial charge on any atom is -0.457 e. The molecule has 0 aliphatic rings. The molecule has 7 heteroatoms. The van der Waals surface area contributed by atoms with Gasteiger partial charge in [0.1, 0.15) is 5.75 Å². The van der Waals surface area contributed by atoms with Crippen LogP contribution in [0.25, 0.3) is 0 Å². The number of rotatable bonds is 7. The summed E-state index contributed by atoms with van der Waals surface area (Å²) in [5, 5.41) is 15.4. The van der Waals surface area contributed by atoms with E-state index in [0.29, 0.717) is 22.4 Å². The molecule has 4 aromatic rings. The van der Waals surface area contributed by atoms with Crippen molar-refractivity contribution in [2.24, 2.45) is 5.10 Å². The van der Waals surface area contributed by atoms with Gasteiger partial charge in [0.2, 0.25) is 5.76 Å². The van der Waals surface area contributed by atoms with Crippen LogP contribution in [0.15, 0.2) is 113 Å². The van der Waals surface area contributed by atoms with E-state index in [1.54, 1.807) is 91.0 Å². The number of hydrogen-bond donors (Lipinski definition) is 2. The van der Waals surface area contributed by atoms with Crippen molar-refractivity contribution in [3.8, 4) is 5.75 Å². The average molecular weight is 440 g/mol. The molecule has 1 heterocycles. The van der Waals surface area contributed by atoms with E-state index < -0.39 is 17.5 Å². The van der Waals surface area contributed by atoms with Gasteiger partial charge in [0.05, 0.1) is 12.5 Å². The molecule has 3 aromatic carbocycles. The number of benzene rings is 3. The molecule has 1 aromatic heterocycles. The highest BCUT2D eigenvalue weighted by atomic mass is 16.5. The molecule has 0 saturated heterocycles. The third-order valence-corrected chi connectivity index (χ3v) is 4.90. The summed E-state index contributed by atoms with van der Waals surface area (Å²) in [4.78, 5) is 24.9. The summed E-state index contributed by atoms with van der Waals surface area (Å²) >= 11 is 0. The first-order chi connectivity index (χ1) is 16.1. The Morgan fingerprint density at radius 2 is 1.45 bits per heavy atom. The molecule has 0 spiro atoms. The number of ether oxygens (including phenoxy) is 1. The Morgan fingerprint density at radius 1 is 0.848 bits per heavy atom. The third-order valence-electron chi connectivity index (χ3n) is 4.90. The SMILES string of the molecule is O=C(Oc1ccc(/C=N\NC(=O)C(O)(c2ccccc2)c2ccccc2)cc1)c1ccco1. The number of aliphatic hydroxyl groups is 1. The van der Waals surface area contributed by atoms with Gasteiger partial charge in [-0.2, -0.15) is 5.10 Å². The zero-order valence-electron chi connectivity index (χ0n) is 17.4. The lowest BCUT2D eigenvalue weighted by Crippen LogP contribution is -2.43. The number of nitrogens with zero attached hydrogens (tertiary/aromatic N) is 1. The average Bonchev–Trinajstić information content (AvgIpc) is 3.41. The molecule has 0 bridgehead atoms. The zero-order valence-corrected chi connectivity index (χ0v) is 17.4. The fourth-order valence-corrected chi connectivity index (χ4v) is 3.21. The predicted molar refractivity (Wildman–Crippen MR) is 122 cm³/mol. The second kappa shape index (κ2) is 9.76. The number of esters is 1. The Bertz CT molecular complexity index is 1200. The van der Waals surface area contributed by atoms with Crippen LogP contribution in [0, 0.1) is 0 Å². The van der Waals surface area contributed by atoms with Gasteiger partial charge >= 0.3 is 5.97 Å². The van der Waals surface area contributed by atoms with Crippen LogP contribution in [-0.4, -0.2) is 23.2 Å². The molecule has 1 amide bonds. The summed E-state index contributed by atoms with van der Waals surface area (Å²) in [5.41, 5.74) is 2.00. The Balaban J connectivity index is 1.45. The highest BCUT2D eigenvalue weighted by Crippen LogP contribution is 2.29. The highest BCUT2D eigenvalue weighted by molar-refractivity contribution is 5.91. The minimum atomic E-state index is -1.91. The highest BCUT2D eigenvalue weighted by Gasteiger charge is 2.39. The van der Waals surface area contributed by atoms with Gasteiger partial charge in [-0.15, -0.1) is 0 Å². The molecule has 7 nitrogen and oxygen atoms in total. The number of carbonyl (C=O) groups excluding carboxylic acids is 2. The Morgan fingerprint density at radius 3 is 2.00 bits per heavy atom. The number of hydrogen-bond acceptors (Lipinski definition) is 6. The van der Waals surface area contributed by atoms with Crippen LogP contribution in [0.4, 0.5) is 0 Å². The van der Waals surface area contributed by atoms with Crippen LogP contribution in [0.2, 0.25) is 0 Å². The van der Waals surface area contributed by atoms with Crippen molar-refractivity contribution < 1.29 is 23.8 Å². The van der Waals surface area contributed by atoms with Crippen LogP contribution < -0.4 is 10.2 Å². The first-order valence-electron chi connectivity index (χ1n) is 10.1. The first kappa shape index (κ1) is 21.7. The van der Waals surface area contributed by atoms with Crippen molar-refractivity contribution >= 4 is 18.1 Å². The normalized spacial score (nSPS) is 11.3. The molecule has 33 heavy (non-hydrogen) atoms. The van der Waals surface area contributed by atoms with E-state index in [1.807, 2.05) is 0 Å². The Kier molecular flexibility index (Phi) is 6.43. The molecular formula is C26H20N2O5.